The van der Waals surface area contributed by atoms with Crippen molar-refractivity contribution in [3.05, 3.63) is 22.1 Å². The van der Waals surface area contributed by atoms with E-state index >= 15 is 0 Å². The van der Waals surface area contributed by atoms with E-state index < -0.39 is 0 Å². The molecule has 2 rings (SSSR count). The molecular formula is C9H10ClN3S. The molecule has 0 radical (unpaired) electrons. The van der Waals surface area contributed by atoms with Crippen molar-refractivity contribution in [2.24, 2.45) is 0 Å². The molecule has 0 fully saturated rings. The van der Waals surface area contributed by atoms with E-state index in [1.807, 2.05) is 16.0 Å². The average Bonchev–Trinajstić information content (AvgIpc) is 2.74. The number of halogens is 1. The van der Waals surface area contributed by atoms with Gasteiger partial charge in [-0.2, -0.15) is 0 Å². The lowest BCUT2D eigenvalue weighted by molar-refractivity contribution is 0.683. The molecule has 0 aliphatic heterocycles. The van der Waals surface area contributed by atoms with Crippen molar-refractivity contribution in [3.63, 3.8) is 0 Å². The molecule has 74 valence electrons. The van der Waals surface area contributed by atoms with Crippen LogP contribution in [0.1, 0.15) is 13.3 Å². The number of hydrogen-bond donors (Lipinski definition) is 0. The molecule has 14 heavy (non-hydrogen) atoms. The number of aryl methyl sites for hydroxylation is 1. The van der Waals surface area contributed by atoms with Crippen LogP contribution in [0.15, 0.2) is 17.8 Å². The molecule has 0 aliphatic carbocycles. The zero-order valence-electron chi connectivity index (χ0n) is 7.77. The summed E-state index contributed by atoms with van der Waals surface area (Å²) in [6.07, 6.45) is 2.83. The minimum absolute atomic E-state index is 0.783. The number of rotatable bonds is 3. The largest absolute Gasteiger partial charge is 0.314 e. The third-order valence-electron chi connectivity index (χ3n) is 1.91. The maximum atomic E-state index is 5.87. The summed E-state index contributed by atoms with van der Waals surface area (Å²) in [5.41, 5.74) is 1.05. The number of thiophene rings is 1. The quantitative estimate of drug-likeness (QED) is 0.807. The van der Waals surface area contributed by atoms with Crippen molar-refractivity contribution in [2.45, 2.75) is 19.9 Å². The second kappa shape index (κ2) is 4.11. The maximum absolute atomic E-state index is 5.87. The highest BCUT2D eigenvalue weighted by atomic mass is 35.5. The van der Waals surface area contributed by atoms with Crippen LogP contribution in [0.25, 0.3) is 11.4 Å². The first-order valence-electron chi connectivity index (χ1n) is 4.43. The van der Waals surface area contributed by atoms with Crippen molar-refractivity contribution in [2.75, 3.05) is 0 Å². The lowest BCUT2D eigenvalue weighted by Gasteiger charge is -2.01. The molecule has 0 N–H and O–H groups in total. The third-order valence-corrected chi connectivity index (χ3v) is 3.00. The van der Waals surface area contributed by atoms with Crippen LogP contribution in [0, 0.1) is 0 Å². The van der Waals surface area contributed by atoms with Gasteiger partial charge in [-0.25, -0.2) is 0 Å². The van der Waals surface area contributed by atoms with Gasteiger partial charge in [0.1, 0.15) is 6.33 Å². The zero-order chi connectivity index (χ0) is 9.97. The van der Waals surface area contributed by atoms with Crippen LogP contribution in [0.3, 0.4) is 0 Å². The van der Waals surface area contributed by atoms with E-state index in [1.165, 1.54) is 11.3 Å². The van der Waals surface area contributed by atoms with E-state index in [1.54, 1.807) is 6.33 Å². The highest BCUT2D eigenvalue weighted by Gasteiger charge is 2.08. The van der Waals surface area contributed by atoms with E-state index in [4.69, 9.17) is 11.6 Å². The summed E-state index contributed by atoms with van der Waals surface area (Å²) in [5.74, 6) is 0.898. The number of aromatic nitrogens is 3. The molecule has 0 spiro atoms. The number of hydrogen-bond acceptors (Lipinski definition) is 3. The Morgan fingerprint density at radius 3 is 3.07 bits per heavy atom. The summed E-state index contributed by atoms with van der Waals surface area (Å²) < 4.78 is 2.82. The Hall–Kier alpha value is -0.870. The molecule has 0 bridgehead atoms. The molecule has 0 amide bonds. The predicted octanol–water partition coefficient (Wildman–Crippen LogP) is 3.07. The van der Waals surface area contributed by atoms with E-state index in [9.17, 15) is 0 Å². The molecule has 2 heterocycles. The van der Waals surface area contributed by atoms with Gasteiger partial charge < -0.3 is 4.57 Å². The van der Waals surface area contributed by atoms with E-state index in [0.29, 0.717) is 0 Å². The van der Waals surface area contributed by atoms with Gasteiger partial charge in [0.25, 0.3) is 0 Å². The van der Waals surface area contributed by atoms with Gasteiger partial charge in [0.15, 0.2) is 5.82 Å². The molecule has 0 aliphatic rings. The monoisotopic (exact) mass is 227 g/mol. The number of nitrogens with zero attached hydrogens (tertiary/aromatic N) is 3. The molecule has 0 unspecified atom stereocenters. The first-order chi connectivity index (χ1) is 6.81. The lowest BCUT2D eigenvalue weighted by atomic mass is 10.3. The molecular weight excluding hydrogens is 218 g/mol. The van der Waals surface area contributed by atoms with Gasteiger partial charge in [-0.15, -0.1) is 21.5 Å². The summed E-state index contributed by atoms with van der Waals surface area (Å²) in [4.78, 5) is 0. The summed E-state index contributed by atoms with van der Waals surface area (Å²) in [7, 11) is 0. The summed E-state index contributed by atoms with van der Waals surface area (Å²) in [5, 5.41) is 9.98. The van der Waals surface area contributed by atoms with Gasteiger partial charge in [-0.05, 0) is 12.5 Å². The second-order valence-electron chi connectivity index (χ2n) is 2.99. The fraction of sp³-hybridized carbons (Fsp3) is 0.333. The maximum Gasteiger partial charge on any atom is 0.164 e. The van der Waals surface area contributed by atoms with Crippen LogP contribution in [0.5, 0.6) is 0 Å². The normalized spacial score (nSPS) is 10.7. The molecule has 0 atom stereocenters. The standard InChI is InChI=1S/C9H10ClN3S/c1-2-3-13-6-11-12-9(13)7-4-8(10)14-5-7/h4-6H,2-3H2,1H3. The fourth-order valence-corrected chi connectivity index (χ4v) is 2.17. The van der Waals surface area contributed by atoms with Crippen LogP contribution in [-0.2, 0) is 6.54 Å². The Bertz CT molecular complexity index is 421. The summed E-state index contributed by atoms with van der Waals surface area (Å²) >= 11 is 7.38. The van der Waals surface area contributed by atoms with E-state index in [2.05, 4.69) is 17.1 Å². The van der Waals surface area contributed by atoms with Gasteiger partial charge in [-0.1, -0.05) is 18.5 Å². The summed E-state index contributed by atoms with van der Waals surface area (Å²) in [6.45, 7) is 3.07. The first-order valence-corrected chi connectivity index (χ1v) is 5.69. The third kappa shape index (κ3) is 1.81. The van der Waals surface area contributed by atoms with Crippen LogP contribution in [0.2, 0.25) is 4.34 Å². The highest BCUT2D eigenvalue weighted by molar-refractivity contribution is 7.14. The average molecular weight is 228 g/mol. The van der Waals surface area contributed by atoms with Crippen molar-refractivity contribution in [1.82, 2.24) is 14.8 Å². The van der Waals surface area contributed by atoms with E-state index in [-0.39, 0.29) is 0 Å². The smallest absolute Gasteiger partial charge is 0.164 e. The predicted molar refractivity (Wildman–Crippen MR) is 58.6 cm³/mol. The van der Waals surface area contributed by atoms with Crippen LogP contribution in [-0.4, -0.2) is 14.8 Å². The van der Waals surface area contributed by atoms with Gasteiger partial charge in [0.2, 0.25) is 0 Å². The minimum atomic E-state index is 0.783. The SMILES string of the molecule is CCCn1cnnc1-c1csc(Cl)c1. The van der Waals surface area contributed by atoms with Gasteiger partial charge in [-0.3, -0.25) is 0 Å². The molecule has 0 saturated carbocycles. The van der Waals surface area contributed by atoms with Crippen molar-refractivity contribution in [1.29, 1.82) is 0 Å². The molecule has 5 heteroatoms. The zero-order valence-corrected chi connectivity index (χ0v) is 9.35. The Morgan fingerprint density at radius 2 is 2.43 bits per heavy atom. The van der Waals surface area contributed by atoms with Crippen LogP contribution < -0.4 is 0 Å². The molecule has 0 aromatic carbocycles. The van der Waals surface area contributed by atoms with Crippen LogP contribution >= 0.6 is 22.9 Å². The summed E-state index contributed by atoms with van der Waals surface area (Å²) in [6, 6.07) is 1.92. The minimum Gasteiger partial charge on any atom is -0.314 e. The van der Waals surface area contributed by atoms with Crippen LogP contribution in [0.4, 0.5) is 0 Å². The topological polar surface area (TPSA) is 30.7 Å². The fourth-order valence-electron chi connectivity index (χ4n) is 1.31. The van der Waals surface area contributed by atoms with Gasteiger partial charge in [0, 0.05) is 17.5 Å². The van der Waals surface area contributed by atoms with Crippen molar-refractivity contribution < 1.29 is 0 Å². The van der Waals surface area contributed by atoms with Crippen molar-refractivity contribution in [3.8, 4) is 11.4 Å². The highest BCUT2D eigenvalue weighted by Crippen LogP contribution is 2.27. The molecule has 2 aromatic rings. The van der Waals surface area contributed by atoms with E-state index in [0.717, 1.165) is 28.7 Å². The Kier molecular flexibility index (Phi) is 2.84. The first kappa shape index (κ1) is 9.68. The molecule has 2 aromatic heterocycles. The second-order valence-corrected chi connectivity index (χ2v) is 4.53. The Morgan fingerprint density at radius 1 is 1.57 bits per heavy atom. The molecule has 0 saturated heterocycles. The van der Waals surface area contributed by atoms with Crippen molar-refractivity contribution >= 4 is 22.9 Å². The Labute approximate surface area is 91.4 Å². The van der Waals surface area contributed by atoms with Gasteiger partial charge in [0.05, 0.1) is 4.34 Å². The molecule has 3 nitrogen and oxygen atoms in total. The van der Waals surface area contributed by atoms with Gasteiger partial charge >= 0.3 is 0 Å². The Balaban J connectivity index is 2.36. The lowest BCUT2D eigenvalue weighted by Crippen LogP contribution is -1.97.